The molecule has 0 spiro atoms. The van der Waals surface area contributed by atoms with Crippen molar-refractivity contribution in [1.29, 1.82) is 0 Å². The van der Waals surface area contributed by atoms with Crippen LogP contribution in [0.25, 0.3) is 0 Å². The highest BCUT2D eigenvalue weighted by Gasteiger charge is 2.05. The van der Waals surface area contributed by atoms with Crippen molar-refractivity contribution in [2.24, 2.45) is 5.92 Å². The highest BCUT2D eigenvalue weighted by Crippen LogP contribution is 2.09. The van der Waals surface area contributed by atoms with Crippen molar-refractivity contribution in [1.82, 2.24) is 5.32 Å². The van der Waals surface area contributed by atoms with Crippen molar-refractivity contribution in [3.63, 3.8) is 0 Å². The molecule has 0 aromatic rings. The van der Waals surface area contributed by atoms with Crippen molar-refractivity contribution in [2.75, 3.05) is 19.8 Å². The Morgan fingerprint density at radius 2 is 2.08 bits per heavy atom. The van der Waals surface area contributed by atoms with Crippen LogP contribution in [-0.4, -0.2) is 25.1 Å². The first-order valence-electron chi connectivity index (χ1n) is 4.57. The molecular weight excluding hydrogens is 177 g/mol. The van der Waals surface area contributed by atoms with E-state index in [1.165, 1.54) is 0 Å². The van der Waals surface area contributed by atoms with Gasteiger partial charge in [0.15, 0.2) is 0 Å². The Labute approximate surface area is 79.7 Å². The predicted octanol–water partition coefficient (Wildman–Crippen LogP) is 2.59. The zero-order valence-corrected chi connectivity index (χ0v) is 8.70. The van der Waals surface area contributed by atoms with Crippen LogP contribution in [0.2, 0.25) is 0 Å². The SMILES string of the molecule is CC(C)CC(Cl)CNCCCF. The summed E-state index contributed by atoms with van der Waals surface area (Å²) in [4.78, 5) is 0. The molecule has 0 aliphatic heterocycles. The van der Waals surface area contributed by atoms with E-state index in [0.29, 0.717) is 12.3 Å². The van der Waals surface area contributed by atoms with Gasteiger partial charge in [0.1, 0.15) is 0 Å². The van der Waals surface area contributed by atoms with Gasteiger partial charge in [0.25, 0.3) is 0 Å². The molecule has 3 heteroatoms. The van der Waals surface area contributed by atoms with Gasteiger partial charge in [-0.05, 0) is 25.3 Å². The molecule has 12 heavy (non-hydrogen) atoms. The van der Waals surface area contributed by atoms with Gasteiger partial charge in [-0.15, -0.1) is 11.6 Å². The molecule has 0 bridgehead atoms. The lowest BCUT2D eigenvalue weighted by Crippen LogP contribution is -2.25. The fourth-order valence-corrected chi connectivity index (χ4v) is 1.51. The summed E-state index contributed by atoms with van der Waals surface area (Å²) < 4.78 is 11.7. The van der Waals surface area contributed by atoms with Crippen molar-refractivity contribution in [3.05, 3.63) is 0 Å². The highest BCUT2D eigenvalue weighted by atomic mass is 35.5. The third-order valence-corrected chi connectivity index (χ3v) is 1.91. The van der Waals surface area contributed by atoms with E-state index in [1.54, 1.807) is 0 Å². The zero-order chi connectivity index (χ0) is 9.40. The summed E-state index contributed by atoms with van der Waals surface area (Å²) in [6.45, 7) is 5.58. The minimum atomic E-state index is -0.246. The predicted molar refractivity (Wildman–Crippen MR) is 52.6 cm³/mol. The Morgan fingerprint density at radius 1 is 1.42 bits per heavy atom. The van der Waals surface area contributed by atoms with E-state index in [9.17, 15) is 4.39 Å². The maximum atomic E-state index is 11.7. The van der Waals surface area contributed by atoms with Gasteiger partial charge < -0.3 is 5.32 Å². The summed E-state index contributed by atoms with van der Waals surface area (Å²) in [6.07, 6.45) is 1.61. The maximum absolute atomic E-state index is 11.7. The summed E-state index contributed by atoms with van der Waals surface area (Å²) in [5.41, 5.74) is 0. The molecule has 0 aliphatic rings. The summed E-state index contributed by atoms with van der Waals surface area (Å²) in [6, 6.07) is 0. The molecule has 0 aromatic heterocycles. The molecule has 1 atom stereocenters. The first-order chi connectivity index (χ1) is 5.66. The molecule has 0 radical (unpaired) electrons. The van der Waals surface area contributed by atoms with Crippen LogP contribution in [0.3, 0.4) is 0 Å². The second-order valence-corrected chi connectivity index (χ2v) is 4.09. The molecule has 1 nitrogen and oxygen atoms in total. The standard InChI is InChI=1S/C9H19ClFN/c1-8(2)6-9(10)7-12-5-3-4-11/h8-9,12H,3-7H2,1-2H3. The van der Waals surface area contributed by atoms with Crippen molar-refractivity contribution >= 4 is 11.6 Å². The summed E-state index contributed by atoms with van der Waals surface area (Å²) in [5.74, 6) is 0.635. The van der Waals surface area contributed by atoms with Gasteiger partial charge >= 0.3 is 0 Å². The Kier molecular flexibility index (Phi) is 7.93. The largest absolute Gasteiger partial charge is 0.315 e. The van der Waals surface area contributed by atoms with Gasteiger partial charge in [0, 0.05) is 11.9 Å². The molecule has 0 saturated carbocycles. The zero-order valence-electron chi connectivity index (χ0n) is 7.95. The van der Waals surface area contributed by atoms with E-state index >= 15 is 0 Å². The summed E-state index contributed by atoms with van der Waals surface area (Å²) in [5, 5.41) is 3.30. The average molecular weight is 196 g/mol. The van der Waals surface area contributed by atoms with Gasteiger partial charge in [0.05, 0.1) is 6.67 Å². The molecular formula is C9H19ClFN. The van der Waals surface area contributed by atoms with Crippen LogP contribution in [0, 0.1) is 5.92 Å². The van der Waals surface area contributed by atoms with E-state index in [1.807, 2.05) is 0 Å². The Morgan fingerprint density at radius 3 is 2.58 bits per heavy atom. The molecule has 0 amide bonds. The second kappa shape index (κ2) is 7.81. The van der Waals surface area contributed by atoms with Crippen LogP contribution in [-0.2, 0) is 0 Å². The van der Waals surface area contributed by atoms with E-state index in [-0.39, 0.29) is 12.1 Å². The van der Waals surface area contributed by atoms with E-state index < -0.39 is 0 Å². The van der Waals surface area contributed by atoms with E-state index in [2.05, 4.69) is 19.2 Å². The minimum Gasteiger partial charge on any atom is -0.315 e. The first kappa shape index (κ1) is 12.2. The average Bonchev–Trinajstić information content (AvgIpc) is 1.97. The Balaban J connectivity index is 3.14. The summed E-state index contributed by atoms with van der Waals surface area (Å²) >= 11 is 6.00. The van der Waals surface area contributed by atoms with Crippen LogP contribution in [0.4, 0.5) is 4.39 Å². The normalized spacial score (nSPS) is 13.8. The highest BCUT2D eigenvalue weighted by molar-refractivity contribution is 6.20. The van der Waals surface area contributed by atoms with E-state index in [4.69, 9.17) is 11.6 Å². The monoisotopic (exact) mass is 195 g/mol. The molecule has 0 aromatic carbocycles. The third-order valence-electron chi connectivity index (χ3n) is 1.58. The number of nitrogens with one attached hydrogen (secondary N) is 1. The second-order valence-electron chi connectivity index (χ2n) is 3.47. The summed E-state index contributed by atoms with van der Waals surface area (Å²) in [7, 11) is 0. The van der Waals surface area contributed by atoms with Gasteiger partial charge in [-0.1, -0.05) is 13.8 Å². The van der Waals surface area contributed by atoms with Gasteiger partial charge in [-0.25, -0.2) is 0 Å². The Bertz CT molecular complexity index is 98.5. The van der Waals surface area contributed by atoms with Crippen molar-refractivity contribution in [3.8, 4) is 0 Å². The van der Waals surface area contributed by atoms with Crippen LogP contribution in [0.15, 0.2) is 0 Å². The molecule has 1 unspecified atom stereocenters. The fraction of sp³-hybridized carbons (Fsp3) is 1.00. The number of rotatable bonds is 7. The molecule has 0 aliphatic carbocycles. The Hall–Kier alpha value is 0.180. The van der Waals surface area contributed by atoms with E-state index in [0.717, 1.165) is 19.5 Å². The van der Waals surface area contributed by atoms with Crippen LogP contribution in [0.5, 0.6) is 0 Å². The lowest BCUT2D eigenvalue weighted by Gasteiger charge is -2.12. The maximum Gasteiger partial charge on any atom is 0.0906 e. The molecule has 0 fully saturated rings. The van der Waals surface area contributed by atoms with Crippen LogP contribution >= 0.6 is 11.6 Å². The lowest BCUT2D eigenvalue weighted by atomic mass is 10.1. The van der Waals surface area contributed by atoms with Crippen LogP contribution < -0.4 is 5.32 Å². The van der Waals surface area contributed by atoms with Crippen LogP contribution in [0.1, 0.15) is 26.7 Å². The van der Waals surface area contributed by atoms with Crippen molar-refractivity contribution < 1.29 is 4.39 Å². The van der Waals surface area contributed by atoms with Gasteiger partial charge in [0.2, 0.25) is 0 Å². The first-order valence-corrected chi connectivity index (χ1v) is 5.01. The molecule has 0 heterocycles. The number of halogens is 2. The molecule has 74 valence electrons. The van der Waals surface area contributed by atoms with Crippen molar-refractivity contribution in [2.45, 2.75) is 32.1 Å². The number of hydrogen-bond donors (Lipinski definition) is 1. The lowest BCUT2D eigenvalue weighted by molar-refractivity contribution is 0.453. The smallest absolute Gasteiger partial charge is 0.0906 e. The third kappa shape index (κ3) is 8.28. The topological polar surface area (TPSA) is 12.0 Å². The molecule has 0 rings (SSSR count). The molecule has 0 saturated heterocycles. The van der Waals surface area contributed by atoms with Gasteiger partial charge in [-0.3, -0.25) is 4.39 Å². The quantitative estimate of drug-likeness (QED) is 0.487. The molecule has 1 N–H and O–H groups in total. The number of alkyl halides is 2. The minimum absolute atomic E-state index is 0.185. The van der Waals surface area contributed by atoms with Gasteiger partial charge in [-0.2, -0.15) is 0 Å². The fourth-order valence-electron chi connectivity index (χ4n) is 1.05. The number of hydrogen-bond acceptors (Lipinski definition) is 1.